The third-order valence-electron chi connectivity index (χ3n) is 5.59. The Hall–Kier alpha value is -0.120. The number of rotatable bonds is 3. The highest BCUT2D eigenvalue weighted by atomic mass is 16.5. The van der Waals surface area contributed by atoms with Gasteiger partial charge in [-0.2, -0.15) is 0 Å². The lowest BCUT2D eigenvalue weighted by molar-refractivity contribution is -0.0495. The van der Waals surface area contributed by atoms with E-state index in [2.05, 4.69) is 24.1 Å². The van der Waals surface area contributed by atoms with Crippen molar-refractivity contribution < 1.29 is 4.74 Å². The molecule has 3 rings (SSSR count). The highest BCUT2D eigenvalue weighted by Crippen LogP contribution is 2.29. The molecule has 1 saturated carbocycles. The quantitative estimate of drug-likeness (QED) is 0.848. The third kappa shape index (κ3) is 3.14. The van der Waals surface area contributed by atoms with Crippen LogP contribution in [0.2, 0.25) is 0 Å². The van der Waals surface area contributed by atoms with Crippen LogP contribution in [-0.4, -0.2) is 49.3 Å². The average molecular weight is 266 g/mol. The van der Waals surface area contributed by atoms with Crippen LogP contribution < -0.4 is 5.32 Å². The summed E-state index contributed by atoms with van der Waals surface area (Å²) in [5.74, 6) is 1.65. The van der Waals surface area contributed by atoms with Crippen molar-refractivity contribution in [2.75, 3.05) is 26.2 Å². The molecule has 0 aromatic heterocycles. The molecule has 0 aromatic carbocycles. The molecule has 0 bridgehead atoms. The Bertz CT molecular complexity index is 286. The molecule has 0 spiro atoms. The lowest BCUT2D eigenvalue weighted by Gasteiger charge is -2.39. The second-order valence-electron chi connectivity index (χ2n) is 7.07. The predicted octanol–water partition coefficient (Wildman–Crippen LogP) is 2.26. The molecule has 4 atom stereocenters. The number of morpholine rings is 1. The Morgan fingerprint density at radius 2 is 1.89 bits per heavy atom. The lowest BCUT2D eigenvalue weighted by atomic mass is 9.78. The first-order valence-electron chi connectivity index (χ1n) is 8.33. The van der Waals surface area contributed by atoms with Crippen LogP contribution in [0.15, 0.2) is 0 Å². The van der Waals surface area contributed by atoms with Crippen LogP contribution in [0, 0.1) is 11.8 Å². The number of fused-ring (bicyclic) bond motifs is 1. The van der Waals surface area contributed by atoms with Crippen LogP contribution in [0.4, 0.5) is 0 Å². The maximum absolute atomic E-state index is 6.05. The zero-order chi connectivity index (χ0) is 13.2. The molecule has 0 radical (unpaired) electrons. The van der Waals surface area contributed by atoms with Gasteiger partial charge in [-0.25, -0.2) is 0 Å². The van der Waals surface area contributed by atoms with Gasteiger partial charge in [0.25, 0.3) is 0 Å². The summed E-state index contributed by atoms with van der Waals surface area (Å²) in [6, 6.07) is 1.43. The molecule has 2 aliphatic heterocycles. The summed E-state index contributed by atoms with van der Waals surface area (Å²) >= 11 is 0. The van der Waals surface area contributed by atoms with Gasteiger partial charge >= 0.3 is 0 Å². The second kappa shape index (κ2) is 6.11. The lowest BCUT2D eigenvalue weighted by Crippen LogP contribution is -2.52. The van der Waals surface area contributed by atoms with Gasteiger partial charge in [0, 0.05) is 25.2 Å². The molecule has 0 aromatic rings. The van der Waals surface area contributed by atoms with E-state index in [1.807, 2.05) is 0 Å². The van der Waals surface area contributed by atoms with E-state index in [4.69, 9.17) is 4.74 Å². The standard InChI is InChI=1S/C16H30N2O/c1-12-5-3-6-13(2)16(12)17-9-15-10-18-8-4-7-14(18)11-19-15/h12-17H,3-11H2,1-2H3. The number of nitrogens with zero attached hydrogens (tertiary/aromatic N) is 1. The highest BCUT2D eigenvalue weighted by Gasteiger charge is 2.33. The fourth-order valence-corrected chi connectivity index (χ4v) is 4.36. The molecule has 4 unspecified atom stereocenters. The molecule has 0 amide bonds. The Balaban J connectivity index is 1.46. The van der Waals surface area contributed by atoms with E-state index in [1.54, 1.807) is 0 Å². The Morgan fingerprint density at radius 3 is 2.68 bits per heavy atom. The van der Waals surface area contributed by atoms with Crippen LogP contribution in [0.5, 0.6) is 0 Å². The van der Waals surface area contributed by atoms with E-state index in [0.29, 0.717) is 12.1 Å². The number of ether oxygens (including phenoxy) is 1. The van der Waals surface area contributed by atoms with Crippen LogP contribution in [0.1, 0.15) is 46.0 Å². The van der Waals surface area contributed by atoms with Gasteiger partial charge in [0.05, 0.1) is 12.7 Å². The smallest absolute Gasteiger partial charge is 0.0827 e. The van der Waals surface area contributed by atoms with E-state index in [1.165, 1.54) is 38.6 Å². The number of hydrogen-bond donors (Lipinski definition) is 1. The van der Waals surface area contributed by atoms with Crippen molar-refractivity contribution in [3.05, 3.63) is 0 Å². The van der Waals surface area contributed by atoms with E-state index >= 15 is 0 Å². The molecule has 3 aliphatic rings. The molecule has 1 aliphatic carbocycles. The molecular formula is C16H30N2O. The van der Waals surface area contributed by atoms with E-state index < -0.39 is 0 Å². The Labute approximate surface area is 118 Å². The summed E-state index contributed by atoms with van der Waals surface area (Å²) in [4.78, 5) is 2.64. The second-order valence-corrected chi connectivity index (χ2v) is 7.07. The molecule has 2 heterocycles. The third-order valence-corrected chi connectivity index (χ3v) is 5.59. The van der Waals surface area contributed by atoms with Gasteiger partial charge in [0.15, 0.2) is 0 Å². The van der Waals surface area contributed by atoms with Crippen molar-refractivity contribution >= 4 is 0 Å². The van der Waals surface area contributed by atoms with Gasteiger partial charge in [0.1, 0.15) is 0 Å². The minimum absolute atomic E-state index is 0.413. The number of hydrogen-bond acceptors (Lipinski definition) is 3. The van der Waals surface area contributed by atoms with Crippen LogP contribution >= 0.6 is 0 Å². The van der Waals surface area contributed by atoms with E-state index in [0.717, 1.165) is 37.6 Å². The summed E-state index contributed by atoms with van der Waals surface area (Å²) in [5.41, 5.74) is 0. The summed E-state index contributed by atoms with van der Waals surface area (Å²) in [6.07, 6.45) is 7.32. The summed E-state index contributed by atoms with van der Waals surface area (Å²) in [7, 11) is 0. The minimum atomic E-state index is 0.413. The summed E-state index contributed by atoms with van der Waals surface area (Å²) in [6.45, 7) is 9.26. The maximum atomic E-state index is 6.05. The summed E-state index contributed by atoms with van der Waals surface area (Å²) in [5, 5.41) is 3.82. The van der Waals surface area contributed by atoms with Gasteiger partial charge in [-0.1, -0.05) is 20.3 Å². The SMILES string of the molecule is CC1CCCC(C)C1NCC1CN2CCCC2CO1. The van der Waals surface area contributed by atoms with Gasteiger partial charge in [-0.3, -0.25) is 4.90 Å². The monoisotopic (exact) mass is 266 g/mol. The molecule has 1 N–H and O–H groups in total. The van der Waals surface area contributed by atoms with Crippen molar-refractivity contribution in [3.63, 3.8) is 0 Å². The predicted molar refractivity (Wildman–Crippen MR) is 78.3 cm³/mol. The van der Waals surface area contributed by atoms with Crippen LogP contribution in [0.25, 0.3) is 0 Å². The van der Waals surface area contributed by atoms with Gasteiger partial charge in [-0.15, -0.1) is 0 Å². The van der Waals surface area contributed by atoms with Crippen molar-refractivity contribution in [2.24, 2.45) is 11.8 Å². The highest BCUT2D eigenvalue weighted by molar-refractivity contribution is 4.88. The summed E-state index contributed by atoms with van der Waals surface area (Å²) < 4.78 is 6.05. The van der Waals surface area contributed by atoms with Crippen molar-refractivity contribution in [2.45, 2.75) is 64.1 Å². The Morgan fingerprint density at radius 1 is 1.11 bits per heavy atom. The first-order valence-corrected chi connectivity index (χ1v) is 8.33. The molecule has 3 nitrogen and oxygen atoms in total. The largest absolute Gasteiger partial charge is 0.374 e. The molecule has 3 fully saturated rings. The van der Waals surface area contributed by atoms with Crippen molar-refractivity contribution in [1.29, 1.82) is 0 Å². The average Bonchev–Trinajstić information content (AvgIpc) is 2.85. The maximum Gasteiger partial charge on any atom is 0.0827 e. The van der Waals surface area contributed by atoms with Crippen molar-refractivity contribution in [3.8, 4) is 0 Å². The first kappa shape index (κ1) is 13.8. The molecule has 2 saturated heterocycles. The normalized spacial score (nSPS) is 44.2. The first-order chi connectivity index (χ1) is 9.24. The zero-order valence-corrected chi connectivity index (χ0v) is 12.6. The zero-order valence-electron chi connectivity index (χ0n) is 12.6. The van der Waals surface area contributed by atoms with Crippen molar-refractivity contribution in [1.82, 2.24) is 10.2 Å². The van der Waals surface area contributed by atoms with E-state index in [9.17, 15) is 0 Å². The molecule has 3 heteroatoms. The Kier molecular flexibility index (Phi) is 4.45. The fourth-order valence-electron chi connectivity index (χ4n) is 4.36. The molecule has 19 heavy (non-hydrogen) atoms. The molecular weight excluding hydrogens is 236 g/mol. The number of nitrogens with one attached hydrogen (secondary N) is 1. The molecule has 110 valence electrons. The van der Waals surface area contributed by atoms with Crippen LogP contribution in [-0.2, 0) is 4.74 Å². The van der Waals surface area contributed by atoms with Gasteiger partial charge in [0.2, 0.25) is 0 Å². The van der Waals surface area contributed by atoms with E-state index in [-0.39, 0.29) is 0 Å². The minimum Gasteiger partial charge on any atom is -0.374 e. The van der Waals surface area contributed by atoms with Gasteiger partial charge < -0.3 is 10.1 Å². The fraction of sp³-hybridized carbons (Fsp3) is 1.00. The van der Waals surface area contributed by atoms with Crippen LogP contribution in [0.3, 0.4) is 0 Å². The topological polar surface area (TPSA) is 24.5 Å². The van der Waals surface area contributed by atoms with Gasteiger partial charge in [-0.05, 0) is 44.1 Å².